The van der Waals surface area contributed by atoms with Gasteiger partial charge in [-0.1, -0.05) is 18.2 Å². The van der Waals surface area contributed by atoms with Crippen molar-refractivity contribution in [2.45, 2.75) is 12.8 Å². The van der Waals surface area contributed by atoms with Gasteiger partial charge in [-0.05, 0) is 23.6 Å². The highest BCUT2D eigenvalue weighted by Gasteiger charge is 2.23. The maximum atomic E-state index is 13.9. The fraction of sp³-hybridized carbons (Fsp3) is 0.316. The molecule has 3 aromatic rings. The summed E-state index contributed by atoms with van der Waals surface area (Å²) in [6, 6.07) is 10.6. The van der Waals surface area contributed by atoms with E-state index in [4.69, 9.17) is 4.42 Å². The number of amides is 1. The van der Waals surface area contributed by atoms with Crippen LogP contribution in [0.1, 0.15) is 12.3 Å². The SMILES string of the molecule is O=C(CCc1nnc(-c2cccs2)o1)N1CCN(c2ccccc2F)CC1. The predicted molar refractivity (Wildman–Crippen MR) is 101 cm³/mol. The van der Waals surface area contributed by atoms with Crippen molar-refractivity contribution < 1.29 is 13.6 Å². The first-order valence-corrected chi connectivity index (χ1v) is 9.72. The molecule has 0 saturated carbocycles. The molecule has 1 saturated heterocycles. The zero-order chi connectivity index (χ0) is 18.6. The van der Waals surface area contributed by atoms with Gasteiger partial charge in [-0.3, -0.25) is 4.79 Å². The van der Waals surface area contributed by atoms with E-state index in [2.05, 4.69) is 10.2 Å². The molecule has 2 aromatic heterocycles. The zero-order valence-corrected chi connectivity index (χ0v) is 15.5. The third-order valence-corrected chi connectivity index (χ3v) is 5.43. The van der Waals surface area contributed by atoms with E-state index in [1.807, 2.05) is 33.4 Å². The molecule has 0 atom stereocenters. The number of hydrogen-bond donors (Lipinski definition) is 0. The minimum Gasteiger partial charge on any atom is -0.420 e. The molecule has 1 aliphatic heterocycles. The summed E-state index contributed by atoms with van der Waals surface area (Å²) in [5.41, 5.74) is 0.594. The van der Waals surface area contributed by atoms with Crippen molar-refractivity contribution >= 4 is 22.9 Å². The number of rotatable bonds is 5. The number of hydrogen-bond acceptors (Lipinski definition) is 6. The Morgan fingerprint density at radius 1 is 1.11 bits per heavy atom. The quantitative estimate of drug-likeness (QED) is 0.674. The first-order valence-electron chi connectivity index (χ1n) is 8.84. The molecule has 0 unspecified atom stereocenters. The van der Waals surface area contributed by atoms with Crippen LogP contribution < -0.4 is 4.90 Å². The van der Waals surface area contributed by atoms with Gasteiger partial charge >= 0.3 is 0 Å². The molecule has 3 heterocycles. The number of para-hydroxylation sites is 1. The lowest BCUT2D eigenvalue weighted by Gasteiger charge is -2.36. The minimum absolute atomic E-state index is 0.0547. The lowest BCUT2D eigenvalue weighted by Crippen LogP contribution is -2.49. The molecule has 1 aromatic carbocycles. The number of piperazine rings is 1. The van der Waals surface area contributed by atoms with Crippen molar-refractivity contribution in [1.82, 2.24) is 15.1 Å². The van der Waals surface area contributed by atoms with Crippen molar-refractivity contribution in [3.63, 3.8) is 0 Å². The van der Waals surface area contributed by atoms with Gasteiger partial charge in [-0.15, -0.1) is 21.5 Å². The average Bonchev–Trinajstić information content (AvgIpc) is 3.38. The van der Waals surface area contributed by atoms with Crippen LogP contribution >= 0.6 is 11.3 Å². The Hall–Kier alpha value is -2.74. The summed E-state index contributed by atoms with van der Waals surface area (Å²) in [7, 11) is 0. The Balaban J connectivity index is 1.28. The molecule has 0 spiro atoms. The van der Waals surface area contributed by atoms with Crippen molar-refractivity contribution in [1.29, 1.82) is 0 Å². The van der Waals surface area contributed by atoms with Gasteiger partial charge in [0.15, 0.2) is 0 Å². The van der Waals surface area contributed by atoms with Crippen LogP contribution in [0.25, 0.3) is 10.8 Å². The second-order valence-corrected chi connectivity index (χ2v) is 7.25. The largest absolute Gasteiger partial charge is 0.420 e. The van der Waals surface area contributed by atoms with E-state index in [1.54, 1.807) is 12.1 Å². The average molecular weight is 386 g/mol. The van der Waals surface area contributed by atoms with Crippen LogP contribution in [0.5, 0.6) is 0 Å². The molecule has 0 N–H and O–H groups in total. The molecule has 8 heteroatoms. The standard InChI is InChI=1S/C19H19FN4O2S/c20-14-4-1-2-5-15(14)23-9-11-24(12-10-23)18(25)8-7-17-21-22-19(26-17)16-6-3-13-27-16/h1-6,13H,7-12H2. The summed E-state index contributed by atoms with van der Waals surface area (Å²) in [5, 5.41) is 10.00. The second-order valence-electron chi connectivity index (χ2n) is 6.30. The normalized spacial score (nSPS) is 14.6. The van der Waals surface area contributed by atoms with Crippen molar-refractivity contribution in [2.24, 2.45) is 0 Å². The van der Waals surface area contributed by atoms with Gasteiger partial charge in [-0.2, -0.15) is 0 Å². The second kappa shape index (κ2) is 7.87. The molecule has 27 heavy (non-hydrogen) atoms. The molecule has 1 amide bonds. The maximum absolute atomic E-state index is 13.9. The fourth-order valence-corrected chi connectivity index (χ4v) is 3.78. The highest BCUT2D eigenvalue weighted by molar-refractivity contribution is 7.13. The number of nitrogens with zero attached hydrogens (tertiary/aromatic N) is 4. The Morgan fingerprint density at radius 3 is 2.67 bits per heavy atom. The van der Waals surface area contributed by atoms with Gasteiger partial charge < -0.3 is 14.2 Å². The van der Waals surface area contributed by atoms with E-state index in [0.717, 1.165) is 4.88 Å². The molecule has 1 fully saturated rings. The minimum atomic E-state index is -0.227. The Bertz CT molecular complexity index is 904. The monoisotopic (exact) mass is 386 g/mol. The number of benzene rings is 1. The summed E-state index contributed by atoms with van der Waals surface area (Å²) in [4.78, 5) is 17.2. The van der Waals surface area contributed by atoms with Gasteiger partial charge in [0.1, 0.15) is 5.82 Å². The third-order valence-electron chi connectivity index (χ3n) is 4.58. The van der Waals surface area contributed by atoms with Gasteiger partial charge in [0.2, 0.25) is 11.8 Å². The number of thiophene rings is 1. The van der Waals surface area contributed by atoms with E-state index < -0.39 is 0 Å². The molecule has 0 radical (unpaired) electrons. The fourth-order valence-electron chi connectivity index (χ4n) is 3.13. The number of anilines is 1. The van der Waals surface area contributed by atoms with E-state index in [9.17, 15) is 9.18 Å². The van der Waals surface area contributed by atoms with Crippen LogP contribution in [0, 0.1) is 5.82 Å². The predicted octanol–water partition coefficient (Wildman–Crippen LogP) is 3.22. The lowest BCUT2D eigenvalue weighted by molar-refractivity contribution is -0.131. The van der Waals surface area contributed by atoms with Crippen LogP contribution in [0.2, 0.25) is 0 Å². The summed E-state index contributed by atoms with van der Waals surface area (Å²) in [6.07, 6.45) is 0.747. The highest BCUT2D eigenvalue weighted by Crippen LogP contribution is 2.23. The molecule has 4 rings (SSSR count). The topological polar surface area (TPSA) is 62.5 Å². The molecule has 6 nitrogen and oxygen atoms in total. The smallest absolute Gasteiger partial charge is 0.257 e. The van der Waals surface area contributed by atoms with Gasteiger partial charge in [0, 0.05) is 39.0 Å². The van der Waals surface area contributed by atoms with E-state index in [0.29, 0.717) is 56.5 Å². The molecular formula is C19H19FN4O2S. The summed E-state index contributed by atoms with van der Waals surface area (Å²) < 4.78 is 19.5. The van der Waals surface area contributed by atoms with E-state index in [-0.39, 0.29) is 11.7 Å². The van der Waals surface area contributed by atoms with Gasteiger partial charge in [-0.25, -0.2) is 4.39 Å². The van der Waals surface area contributed by atoms with Gasteiger partial charge in [0.05, 0.1) is 10.6 Å². The Labute approximate surface area is 160 Å². The molecule has 140 valence electrons. The number of aryl methyl sites for hydroxylation is 1. The third kappa shape index (κ3) is 4.00. The number of aromatic nitrogens is 2. The first-order chi connectivity index (χ1) is 13.2. The molecule has 0 aliphatic carbocycles. The number of carbonyl (C=O) groups is 1. The van der Waals surface area contributed by atoms with E-state index in [1.165, 1.54) is 17.4 Å². The Morgan fingerprint density at radius 2 is 1.93 bits per heavy atom. The van der Waals surface area contributed by atoms with Crippen LogP contribution in [0.4, 0.5) is 10.1 Å². The van der Waals surface area contributed by atoms with Crippen molar-refractivity contribution in [2.75, 3.05) is 31.1 Å². The van der Waals surface area contributed by atoms with Gasteiger partial charge in [0.25, 0.3) is 5.89 Å². The highest BCUT2D eigenvalue weighted by atomic mass is 32.1. The van der Waals surface area contributed by atoms with E-state index >= 15 is 0 Å². The lowest BCUT2D eigenvalue weighted by atomic mass is 10.2. The molecule has 1 aliphatic rings. The van der Waals surface area contributed by atoms with Crippen LogP contribution in [-0.4, -0.2) is 47.2 Å². The van der Waals surface area contributed by atoms with Crippen LogP contribution in [-0.2, 0) is 11.2 Å². The van der Waals surface area contributed by atoms with Crippen LogP contribution in [0.15, 0.2) is 46.2 Å². The van der Waals surface area contributed by atoms with Crippen LogP contribution in [0.3, 0.4) is 0 Å². The number of halogens is 1. The maximum Gasteiger partial charge on any atom is 0.257 e. The summed E-state index contributed by atoms with van der Waals surface area (Å²) in [6.45, 7) is 2.40. The van der Waals surface area contributed by atoms with Crippen molar-refractivity contribution in [3.8, 4) is 10.8 Å². The summed E-state index contributed by atoms with van der Waals surface area (Å²) in [5.74, 6) is 0.789. The number of carbonyl (C=O) groups excluding carboxylic acids is 1. The van der Waals surface area contributed by atoms with Crippen molar-refractivity contribution in [3.05, 3.63) is 53.5 Å². The zero-order valence-electron chi connectivity index (χ0n) is 14.7. The summed E-state index contributed by atoms with van der Waals surface area (Å²) >= 11 is 1.53. The molecule has 0 bridgehead atoms. The molecular weight excluding hydrogens is 367 g/mol. The first kappa shape index (κ1) is 17.7. The Kier molecular flexibility index (Phi) is 5.15.